The van der Waals surface area contributed by atoms with E-state index in [9.17, 15) is 34.2 Å². The summed E-state index contributed by atoms with van der Waals surface area (Å²) < 4.78 is 17.2. The van der Waals surface area contributed by atoms with Crippen molar-refractivity contribution >= 4 is 19.3 Å². The van der Waals surface area contributed by atoms with Crippen molar-refractivity contribution in [1.29, 1.82) is 0 Å². The highest BCUT2D eigenvalue weighted by Crippen LogP contribution is 2.52. The first-order valence-corrected chi connectivity index (χ1v) is 18.9. The monoisotopic (exact) mass is 620 g/mol. The lowest BCUT2D eigenvalue weighted by Crippen LogP contribution is -2.52. The fourth-order valence-corrected chi connectivity index (χ4v) is 6.36. The van der Waals surface area contributed by atoms with Gasteiger partial charge in [-0.2, -0.15) is 0 Å². The van der Waals surface area contributed by atoms with Gasteiger partial charge in [-0.15, -0.1) is 0 Å². The van der Waals surface area contributed by atoms with Crippen LogP contribution in [0.3, 0.4) is 0 Å². The number of aliphatic hydroxyl groups is 2. The number of Topliss-reactive ketones (excluding diaryl/α,β-unsaturated/α-hetero) is 1. The molecule has 0 bridgehead atoms. The molecule has 250 valence electrons. The maximum Gasteiger partial charge on any atom is 0.368 e. The van der Waals surface area contributed by atoms with Crippen LogP contribution in [0.5, 0.6) is 0 Å². The molecule has 0 aromatic carbocycles. The van der Waals surface area contributed by atoms with Crippen LogP contribution in [0.1, 0.15) is 181 Å². The van der Waals surface area contributed by atoms with E-state index in [1.807, 2.05) is 0 Å². The summed E-state index contributed by atoms with van der Waals surface area (Å²) in [5.74, 6) is -1.89. The van der Waals surface area contributed by atoms with Crippen LogP contribution in [0, 0.1) is 0 Å². The molecule has 42 heavy (non-hydrogen) atoms. The Labute approximate surface area is 256 Å². The third kappa shape index (κ3) is 19.5. The van der Waals surface area contributed by atoms with Gasteiger partial charge in [-0.3, -0.25) is 14.2 Å². The minimum Gasteiger partial charge on any atom is -0.456 e. The summed E-state index contributed by atoms with van der Waals surface area (Å²) in [5, 5.41) is 17.3. The van der Waals surface area contributed by atoms with Gasteiger partial charge in [0, 0.05) is 12.8 Å². The fourth-order valence-electron chi connectivity index (χ4n) is 5.41. The van der Waals surface area contributed by atoms with Gasteiger partial charge >= 0.3 is 13.6 Å². The summed E-state index contributed by atoms with van der Waals surface area (Å²) in [7, 11) is -5.45. The third-order valence-electron chi connectivity index (χ3n) is 8.23. The Bertz CT molecular complexity index is 710. The number of unbranched alkanes of at least 4 members (excludes halogenated alkanes) is 22. The molecule has 0 aliphatic heterocycles. The molecule has 0 radical (unpaired) electrons. The second-order valence-electron chi connectivity index (χ2n) is 12.1. The molecule has 0 fully saturated rings. The summed E-state index contributed by atoms with van der Waals surface area (Å²) in [6.07, 6.45) is 24.4. The highest BCUT2D eigenvalue weighted by molar-refractivity contribution is 7.54. The zero-order valence-electron chi connectivity index (χ0n) is 27.0. The normalized spacial score (nSPS) is 14.0. The molecule has 1 unspecified atom stereocenters. The van der Waals surface area contributed by atoms with E-state index in [0.29, 0.717) is 19.3 Å². The highest BCUT2D eigenvalue weighted by Gasteiger charge is 2.58. The number of carbonyl (C=O) groups is 2. The van der Waals surface area contributed by atoms with Crippen molar-refractivity contribution in [3.05, 3.63) is 0 Å². The summed E-state index contributed by atoms with van der Waals surface area (Å²) in [6.45, 7) is 3.36. The zero-order valence-corrected chi connectivity index (χ0v) is 27.9. The van der Waals surface area contributed by atoms with Crippen LogP contribution in [-0.2, 0) is 18.9 Å². The second kappa shape index (κ2) is 26.6. The number of carbonyl (C=O) groups excluding carboxylic acids is 2. The minimum atomic E-state index is -5.45. The lowest BCUT2D eigenvalue weighted by molar-refractivity contribution is -0.167. The Morgan fingerprint density at radius 2 is 0.905 bits per heavy atom. The molecule has 4 N–H and O–H groups in total. The van der Waals surface area contributed by atoms with Gasteiger partial charge in [-0.25, -0.2) is 0 Å². The topological polar surface area (TPSA) is 141 Å². The lowest BCUT2D eigenvalue weighted by atomic mass is 10.0. The van der Waals surface area contributed by atoms with Crippen molar-refractivity contribution in [2.24, 2.45) is 0 Å². The third-order valence-corrected chi connectivity index (χ3v) is 9.66. The first-order valence-electron chi connectivity index (χ1n) is 17.3. The zero-order chi connectivity index (χ0) is 31.5. The van der Waals surface area contributed by atoms with E-state index >= 15 is 0 Å². The number of rotatable bonds is 31. The van der Waals surface area contributed by atoms with E-state index in [-0.39, 0.29) is 12.8 Å². The standard InChI is InChI=1S/C33H65O8P/c1-3-5-7-9-11-13-14-15-16-17-18-20-21-23-25-27-30(35)33(37,42(38,39)40)31(29-34)41-32(36)28-26-24-22-19-12-10-8-6-4-2/h31,34,37H,3-29H2,1-2H3,(H2,38,39,40)/t31-,33?/m0/s1. The average Bonchev–Trinajstić information content (AvgIpc) is 2.95. The van der Waals surface area contributed by atoms with Gasteiger partial charge in [0.25, 0.3) is 5.34 Å². The Balaban J connectivity index is 4.28. The van der Waals surface area contributed by atoms with E-state index in [1.165, 1.54) is 89.9 Å². The largest absolute Gasteiger partial charge is 0.456 e. The quantitative estimate of drug-likeness (QED) is 0.0343. The first-order chi connectivity index (χ1) is 20.1. The highest BCUT2D eigenvalue weighted by atomic mass is 31.2. The predicted molar refractivity (Wildman–Crippen MR) is 170 cm³/mol. The molecule has 0 spiro atoms. The van der Waals surface area contributed by atoms with Crippen molar-refractivity contribution < 1.29 is 38.9 Å². The molecule has 0 saturated carbocycles. The molecule has 0 aromatic heterocycles. The number of ether oxygens (including phenoxy) is 1. The molecule has 9 heteroatoms. The molecule has 8 nitrogen and oxygen atoms in total. The van der Waals surface area contributed by atoms with Gasteiger partial charge in [-0.05, 0) is 12.8 Å². The Morgan fingerprint density at radius 3 is 1.21 bits per heavy atom. The number of hydrogen-bond acceptors (Lipinski definition) is 6. The summed E-state index contributed by atoms with van der Waals surface area (Å²) in [4.78, 5) is 44.8. The molecule has 0 rings (SSSR count). The smallest absolute Gasteiger partial charge is 0.368 e. The number of ketones is 1. The van der Waals surface area contributed by atoms with Crippen molar-refractivity contribution in [3.8, 4) is 0 Å². The summed E-state index contributed by atoms with van der Waals surface area (Å²) in [6, 6.07) is 0. The van der Waals surface area contributed by atoms with Crippen LogP contribution in [0.25, 0.3) is 0 Å². The van der Waals surface area contributed by atoms with E-state index in [4.69, 9.17) is 4.74 Å². The van der Waals surface area contributed by atoms with Crippen molar-refractivity contribution in [1.82, 2.24) is 0 Å². The number of hydrogen-bond donors (Lipinski definition) is 4. The van der Waals surface area contributed by atoms with Crippen molar-refractivity contribution in [2.45, 2.75) is 192 Å². The van der Waals surface area contributed by atoms with Crippen LogP contribution in [-0.4, -0.2) is 49.8 Å². The van der Waals surface area contributed by atoms with Crippen LogP contribution < -0.4 is 0 Å². The second-order valence-corrected chi connectivity index (χ2v) is 13.9. The van der Waals surface area contributed by atoms with E-state index in [2.05, 4.69) is 13.8 Å². The fraction of sp³-hybridized carbons (Fsp3) is 0.939. The van der Waals surface area contributed by atoms with Gasteiger partial charge in [0.05, 0.1) is 6.61 Å². The summed E-state index contributed by atoms with van der Waals surface area (Å²) >= 11 is 0. The molecule has 0 amide bonds. The number of aliphatic hydroxyl groups excluding tert-OH is 1. The van der Waals surface area contributed by atoms with Crippen LogP contribution in [0.4, 0.5) is 0 Å². The molecular weight excluding hydrogens is 555 g/mol. The molecule has 2 atom stereocenters. The Hall–Kier alpha value is -0.790. The van der Waals surface area contributed by atoms with Gasteiger partial charge in [0.1, 0.15) is 0 Å². The first kappa shape index (κ1) is 41.2. The predicted octanol–water partition coefficient (Wildman–Crippen LogP) is 8.51. The van der Waals surface area contributed by atoms with E-state index in [1.54, 1.807) is 0 Å². The molecule has 0 aliphatic rings. The lowest BCUT2D eigenvalue weighted by Gasteiger charge is -2.33. The van der Waals surface area contributed by atoms with Gasteiger partial charge in [0.15, 0.2) is 11.9 Å². The van der Waals surface area contributed by atoms with Crippen molar-refractivity contribution in [2.75, 3.05) is 6.61 Å². The van der Waals surface area contributed by atoms with Crippen LogP contribution in [0.15, 0.2) is 0 Å². The molecule has 0 saturated heterocycles. The minimum absolute atomic E-state index is 0.00316. The average molecular weight is 621 g/mol. The molecule has 0 heterocycles. The van der Waals surface area contributed by atoms with Gasteiger partial charge < -0.3 is 24.7 Å². The Kier molecular flexibility index (Phi) is 26.1. The van der Waals surface area contributed by atoms with E-state index < -0.39 is 37.4 Å². The van der Waals surface area contributed by atoms with Crippen LogP contribution >= 0.6 is 7.60 Å². The summed E-state index contributed by atoms with van der Waals surface area (Å²) in [5.41, 5.74) is 0. The SMILES string of the molecule is CCCCCCCCCCCCCCCCCC(=O)C(O)([C@H](CO)OC(=O)CCCCCCCCCCC)P(=O)(O)O. The number of esters is 1. The van der Waals surface area contributed by atoms with Crippen LogP contribution in [0.2, 0.25) is 0 Å². The maximum atomic E-state index is 12.8. The van der Waals surface area contributed by atoms with Gasteiger partial charge in [-0.1, -0.05) is 155 Å². The molecule has 0 aliphatic carbocycles. The van der Waals surface area contributed by atoms with E-state index in [0.717, 1.165) is 44.9 Å². The Morgan fingerprint density at radius 1 is 0.595 bits per heavy atom. The maximum absolute atomic E-state index is 12.8. The molecular formula is C33H65O8P. The van der Waals surface area contributed by atoms with Gasteiger partial charge in [0.2, 0.25) is 0 Å². The molecule has 0 aromatic rings. The van der Waals surface area contributed by atoms with Crippen molar-refractivity contribution in [3.63, 3.8) is 0 Å².